The van der Waals surface area contributed by atoms with Crippen LogP contribution in [0.25, 0.3) is 0 Å². The van der Waals surface area contributed by atoms with Gasteiger partial charge in [0.15, 0.2) is 0 Å². The standard InChI is InChI=1S/C25H40N2O5S/c1-7-9-16(5)26(12-8-2)22(30)20-25-11-10-24(6,33-25)19(23(31)32)18(25)21(29)27(20)17(14-28)13-15(3)4/h8,15-20,28H,2,7,9-14H2,1,3-6H3,(H,31,32)/t16?,17-,18+,19+,20?,24-,25?/m1/s1. The molecule has 8 heteroatoms. The van der Waals surface area contributed by atoms with Gasteiger partial charge in [-0.3, -0.25) is 14.4 Å². The molecule has 3 aliphatic heterocycles. The first-order chi connectivity index (χ1) is 15.5. The number of rotatable bonds is 11. The predicted octanol–water partition coefficient (Wildman–Crippen LogP) is 3.16. The van der Waals surface area contributed by atoms with Crippen LogP contribution >= 0.6 is 11.8 Å². The number of hydrogen-bond donors (Lipinski definition) is 2. The van der Waals surface area contributed by atoms with Gasteiger partial charge in [0.2, 0.25) is 11.8 Å². The minimum atomic E-state index is -0.968. The molecule has 3 aliphatic rings. The van der Waals surface area contributed by atoms with Crippen LogP contribution in [0, 0.1) is 17.8 Å². The van der Waals surface area contributed by atoms with E-state index in [9.17, 15) is 24.6 Å². The van der Waals surface area contributed by atoms with Gasteiger partial charge in [-0.05, 0) is 45.4 Å². The number of thioether (sulfide) groups is 1. The summed E-state index contributed by atoms with van der Waals surface area (Å²) in [5.74, 6) is -2.76. The molecular formula is C25H40N2O5S. The second-order valence-electron chi connectivity index (χ2n) is 10.7. The van der Waals surface area contributed by atoms with Crippen LogP contribution in [0.1, 0.15) is 66.7 Å². The summed E-state index contributed by atoms with van der Waals surface area (Å²) < 4.78 is -1.34. The Morgan fingerprint density at radius 2 is 2.00 bits per heavy atom. The lowest BCUT2D eigenvalue weighted by Crippen LogP contribution is -2.59. The number of aliphatic carboxylic acids is 1. The van der Waals surface area contributed by atoms with Gasteiger partial charge in [-0.15, -0.1) is 18.3 Å². The molecule has 7 nitrogen and oxygen atoms in total. The fourth-order valence-electron chi connectivity index (χ4n) is 6.59. The summed E-state index contributed by atoms with van der Waals surface area (Å²) in [7, 11) is 0. The molecule has 186 valence electrons. The van der Waals surface area contributed by atoms with E-state index in [-0.39, 0.29) is 30.4 Å². The number of aliphatic hydroxyl groups is 1. The third-order valence-electron chi connectivity index (χ3n) is 7.91. The summed E-state index contributed by atoms with van der Waals surface area (Å²) in [6, 6.07) is -1.32. The Morgan fingerprint density at radius 1 is 1.33 bits per heavy atom. The monoisotopic (exact) mass is 480 g/mol. The highest BCUT2D eigenvalue weighted by Gasteiger charge is 2.78. The molecule has 7 atom stereocenters. The zero-order chi connectivity index (χ0) is 24.7. The van der Waals surface area contributed by atoms with E-state index >= 15 is 0 Å². The van der Waals surface area contributed by atoms with Crippen LogP contribution in [0.15, 0.2) is 12.7 Å². The SMILES string of the molecule is C=CCN(C(=O)C1N([C@@H](CO)CC(C)C)C(=O)[C@@H]2[C@@H](C(=O)O)[C@@]3(C)CCC12S3)C(C)CCC. The van der Waals surface area contributed by atoms with Crippen molar-refractivity contribution in [3.63, 3.8) is 0 Å². The molecular weight excluding hydrogens is 440 g/mol. The van der Waals surface area contributed by atoms with Crippen LogP contribution in [-0.2, 0) is 14.4 Å². The highest BCUT2D eigenvalue weighted by atomic mass is 32.2. The molecule has 0 radical (unpaired) electrons. The van der Waals surface area contributed by atoms with Crippen molar-refractivity contribution in [3.05, 3.63) is 12.7 Å². The number of amides is 2. The van der Waals surface area contributed by atoms with Gasteiger partial charge in [0.05, 0.1) is 29.2 Å². The fraction of sp³-hybridized carbons (Fsp3) is 0.800. The number of carbonyl (C=O) groups excluding carboxylic acids is 2. The number of aliphatic hydroxyl groups excluding tert-OH is 1. The van der Waals surface area contributed by atoms with Gasteiger partial charge in [-0.25, -0.2) is 0 Å². The lowest BCUT2D eigenvalue weighted by Gasteiger charge is -2.41. The van der Waals surface area contributed by atoms with Gasteiger partial charge < -0.3 is 20.0 Å². The molecule has 3 rings (SSSR count). The molecule has 0 aliphatic carbocycles. The molecule has 2 bridgehead atoms. The number of carbonyl (C=O) groups is 3. The minimum Gasteiger partial charge on any atom is -0.481 e. The van der Waals surface area contributed by atoms with Gasteiger partial charge in [0.1, 0.15) is 6.04 Å². The van der Waals surface area contributed by atoms with Crippen molar-refractivity contribution in [1.29, 1.82) is 0 Å². The van der Waals surface area contributed by atoms with E-state index in [1.54, 1.807) is 27.6 Å². The first-order valence-electron chi connectivity index (χ1n) is 12.3. The largest absolute Gasteiger partial charge is 0.481 e. The maximum absolute atomic E-state index is 14.3. The normalized spacial score (nSPS) is 34.5. The third kappa shape index (κ3) is 4.11. The van der Waals surface area contributed by atoms with Gasteiger partial charge in [-0.2, -0.15) is 0 Å². The summed E-state index contributed by atoms with van der Waals surface area (Å²) in [6.07, 6.45) is 5.30. The molecule has 2 N–H and O–H groups in total. The quantitative estimate of drug-likeness (QED) is 0.441. The summed E-state index contributed by atoms with van der Waals surface area (Å²) >= 11 is 1.54. The van der Waals surface area contributed by atoms with Crippen LogP contribution in [0.5, 0.6) is 0 Å². The number of fused-ring (bicyclic) bond motifs is 1. The lowest BCUT2D eigenvalue weighted by atomic mass is 9.66. The zero-order valence-electron chi connectivity index (χ0n) is 20.6. The summed E-state index contributed by atoms with van der Waals surface area (Å²) in [6.45, 7) is 14.0. The third-order valence-corrected chi connectivity index (χ3v) is 9.90. The molecule has 2 amide bonds. The topological polar surface area (TPSA) is 98.2 Å². The van der Waals surface area contributed by atoms with E-state index in [0.29, 0.717) is 25.8 Å². The highest BCUT2D eigenvalue weighted by Crippen LogP contribution is 2.71. The molecule has 33 heavy (non-hydrogen) atoms. The zero-order valence-corrected chi connectivity index (χ0v) is 21.4. The first-order valence-corrected chi connectivity index (χ1v) is 13.1. The first kappa shape index (κ1) is 26.1. The Kier molecular flexibility index (Phi) is 7.59. The van der Waals surface area contributed by atoms with E-state index in [0.717, 1.165) is 12.8 Å². The molecule has 3 heterocycles. The van der Waals surface area contributed by atoms with Gasteiger partial charge in [-0.1, -0.05) is 33.3 Å². The number of hydrogen-bond acceptors (Lipinski definition) is 5. The van der Waals surface area contributed by atoms with Crippen molar-refractivity contribution in [2.75, 3.05) is 13.2 Å². The Morgan fingerprint density at radius 3 is 2.52 bits per heavy atom. The van der Waals surface area contributed by atoms with Crippen molar-refractivity contribution in [3.8, 4) is 0 Å². The van der Waals surface area contributed by atoms with Crippen molar-refractivity contribution in [2.24, 2.45) is 17.8 Å². The van der Waals surface area contributed by atoms with Crippen molar-refractivity contribution < 1.29 is 24.6 Å². The van der Waals surface area contributed by atoms with Crippen LogP contribution < -0.4 is 0 Å². The number of nitrogens with zero attached hydrogens (tertiary/aromatic N) is 2. The van der Waals surface area contributed by atoms with E-state index in [1.165, 1.54) is 0 Å². The molecule has 3 saturated heterocycles. The Balaban J connectivity index is 2.13. The van der Waals surface area contributed by atoms with E-state index in [4.69, 9.17) is 0 Å². The van der Waals surface area contributed by atoms with Crippen LogP contribution in [0.3, 0.4) is 0 Å². The van der Waals surface area contributed by atoms with Crippen molar-refractivity contribution >= 4 is 29.5 Å². The maximum Gasteiger partial charge on any atom is 0.308 e. The summed E-state index contributed by atoms with van der Waals surface area (Å²) in [5, 5.41) is 20.4. The second-order valence-corrected chi connectivity index (χ2v) is 12.6. The molecule has 0 saturated carbocycles. The van der Waals surface area contributed by atoms with E-state index < -0.39 is 39.4 Å². The van der Waals surface area contributed by atoms with E-state index in [2.05, 4.69) is 13.5 Å². The smallest absolute Gasteiger partial charge is 0.308 e. The van der Waals surface area contributed by atoms with Crippen molar-refractivity contribution in [1.82, 2.24) is 9.80 Å². The predicted molar refractivity (Wildman–Crippen MR) is 130 cm³/mol. The fourth-order valence-corrected chi connectivity index (χ4v) is 8.92. The summed E-state index contributed by atoms with van der Waals surface area (Å²) in [4.78, 5) is 44.0. The van der Waals surface area contributed by atoms with E-state index in [1.807, 2.05) is 27.7 Å². The molecule has 3 unspecified atom stereocenters. The van der Waals surface area contributed by atoms with Gasteiger partial charge >= 0.3 is 5.97 Å². The number of carboxylic acid groups (broad SMARTS) is 1. The molecule has 1 spiro atoms. The van der Waals surface area contributed by atoms with Gasteiger partial charge in [0, 0.05) is 17.3 Å². The Bertz CT molecular complexity index is 804. The van der Waals surface area contributed by atoms with Crippen LogP contribution in [-0.4, -0.2) is 78.6 Å². The van der Waals surface area contributed by atoms with Gasteiger partial charge in [0.25, 0.3) is 0 Å². The highest BCUT2D eigenvalue weighted by molar-refractivity contribution is 8.02. The molecule has 3 fully saturated rings. The maximum atomic E-state index is 14.3. The average Bonchev–Trinajstić information content (AvgIpc) is 3.30. The molecule has 0 aromatic rings. The molecule has 0 aromatic carbocycles. The lowest BCUT2D eigenvalue weighted by molar-refractivity contribution is -0.151. The van der Waals surface area contributed by atoms with Crippen LogP contribution in [0.4, 0.5) is 0 Å². The number of likely N-dealkylation sites (tertiary alicyclic amines) is 1. The van der Waals surface area contributed by atoms with Crippen molar-refractivity contribution in [2.45, 2.75) is 94.3 Å². The Hall–Kier alpha value is -1.54. The molecule has 0 aromatic heterocycles. The average molecular weight is 481 g/mol. The van der Waals surface area contributed by atoms with Crippen LogP contribution in [0.2, 0.25) is 0 Å². The minimum absolute atomic E-state index is 0.0277. The second kappa shape index (κ2) is 9.61. The Labute approximate surface area is 202 Å². The number of carboxylic acids is 1. The summed E-state index contributed by atoms with van der Waals surface area (Å²) in [5.41, 5.74) is 0.